The maximum Gasteiger partial charge on any atom is 0.409 e. The average molecular weight is 424 g/mol. The van der Waals surface area contributed by atoms with Crippen molar-refractivity contribution >= 4 is 28.7 Å². The molecular formula is C24H29N3O4. The van der Waals surface area contributed by atoms with Crippen LogP contribution >= 0.6 is 0 Å². The first-order valence-electron chi connectivity index (χ1n) is 11.1. The highest BCUT2D eigenvalue weighted by atomic mass is 16.6. The van der Waals surface area contributed by atoms with Gasteiger partial charge in [-0.3, -0.25) is 9.59 Å². The van der Waals surface area contributed by atoms with Crippen LogP contribution in [0.15, 0.2) is 42.5 Å². The Morgan fingerprint density at radius 2 is 1.61 bits per heavy atom. The van der Waals surface area contributed by atoms with Gasteiger partial charge in [0, 0.05) is 44.8 Å². The summed E-state index contributed by atoms with van der Waals surface area (Å²) in [5, 5.41) is 1.98. The molecule has 0 saturated carbocycles. The number of fused-ring (bicyclic) bond motifs is 1. The van der Waals surface area contributed by atoms with Gasteiger partial charge in [-0.25, -0.2) is 4.79 Å². The number of amides is 3. The average Bonchev–Trinajstić information content (AvgIpc) is 2.83. The van der Waals surface area contributed by atoms with Crippen molar-refractivity contribution in [1.29, 1.82) is 0 Å². The van der Waals surface area contributed by atoms with Gasteiger partial charge in [0.25, 0.3) is 5.91 Å². The largest absolute Gasteiger partial charge is 0.450 e. The molecule has 2 aliphatic rings. The third-order valence-electron chi connectivity index (χ3n) is 6.20. The summed E-state index contributed by atoms with van der Waals surface area (Å²) in [6.45, 7) is 5.22. The minimum Gasteiger partial charge on any atom is -0.450 e. The van der Waals surface area contributed by atoms with Crippen molar-refractivity contribution in [3.8, 4) is 0 Å². The Hall–Kier alpha value is -3.09. The van der Waals surface area contributed by atoms with Crippen molar-refractivity contribution in [3.05, 3.63) is 48.0 Å². The zero-order valence-electron chi connectivity index (χ0n) is 18.0. The number of piperidine rings is 1. The van der Waals surface area contributed by atoms with E-state index in [2.05, 4.69) is 0 Å². The summed E-state index contributed by atoms with van der Waals surface area (Å²) in [5.74, 6) is -0.123. The molecular weight excluding hydrogens is 394 g/mol. The van der Waals surface area contributed by atoms with Gasteiger partial charge in [0.05, 0.1) is 12.5 Å². The Kier molecular flexibility index (Phi) is 6.39. The monoisotopic (exact) mass is 423 g/mol. The predicted octanol–water partition coefficient (Wildman–Crippen LogP) is 2.99. The molecule has 2 aliphatic heterocycles. The normalized spacial score (nSPS) is 19.4. The SMILES string of the molecule is CCOC(=O)N1CCN(C(=O)[C@H]2CCCN(C(=O)c3cccc4ccccc34)C2)CC1. The van der Waals surface area contributed by atoms with Crippen molar-refractivity contribution in [2.24, 2.45) is 5.92 Å². The first-order valence-corrected chi connectivity index (χ1v) is 11.1. The molecule has 0 spiro atoms. The van der Waals surface area contributed by atoms with Crippen LogP contribution in [0.25, 0.3) is 10.8 Å². The van der Waals surface area contributed by atoms with E-state index < -0.39 is 0 Å². The van der Waals surface area contributed by atoms with E-state index in [0.29, 0.717) is 51.4 Å². The lowest BCUT2D eigenvalue weighted by Gasteiger charge is -2.38. The fourth-order valence-corrected chi connectivity index (χ4v) is 4.53. The van der Waals surface area contributed by atoms with Gasteiger partial charge < -0.3 is 19.4 Å². The van der Waals surface area contributed by atoms with Gasteiger partial charge in [0.2, 0.25) is 5.91 Å². The Bertz CT molecular complexity index is 963. The fourth-order valence-electron chi connectivity index (χ4n) is 4.53. The van der Waals surface area contributed by atoms with Gasteiger partial charge in [-0.15, -0.1) is 0 Å². The van der Waals surface area contributed by atoms with E-state index in [1.807, 2.05) is 52.3 Å². The second-order valence-corrected chi connectivity index (χ2v) is 8.13. The van der Waals surface area contributed by atoms with Gasteiger partial charge >= 0.3 is 6.09 Å². The Balaban J connectivity index is 1.40. The molecule has 0 unspecified atom stereocenters. The van der Waals surface area contributed by atoms with Crippen molar-refractivity contribution in [3.63, 3.8) is 0 Å². The standard InChI is InChI=1S/C24H29N3O4/c1-2-31-24(30)26-15-13-25(14-16-26)22(28)19-9-6-12-27(17-19)23(29)21-11-5-8-18-7-3-4-10-20(18)21/h3-5,7-8,10-11,19H,2,6,9,12-17H2,1H3/t19-/m0/s1. The lowest BCUT2D eigenvalue weighted by molar-refractivity contribution is -0.138. The summed E-state index contributed by atoms with van der Waals surface area (Å²) in [6, 6.07) is 13.7. The lowest BCUT2D eigenvalue weighted by Crippen LogP contribution is -2.54. The molecule has 3 amide bonds. The Labute approximate surface area is 182 Å². The first-order chi connectivity index (χ1) is 15.1. The van der Waals surface area contributed by atoms with Crippen LogP contribution in [0, 0.1) is 5.92 Å². The number of ether oxygens (including phenoxy) is 1. The molecule has 7 nitrogen and oxygen atoms in total. The van der Waals surface area contributed by atoms with Crippen LogP contribution in [0.5, 0.6) is 0 Å². The highest BCUT2D eigenvalue weighted by molar-refractivity contribution is 6.07. The van der Waals surface area contributed by atoms with E-state index in [0.717, 1.165) is 23.6 Å². The van der Waals surface area contributed by atoms with E-state index in [9.17, 15) is 14.4 Å². The van der Waals surface area contributed by atoms with Crippen LogP contribution in [0.3, 0.4) is 0 Å². The number of benzene rings is 2. The van der Waals surface area contributed by atoms with Gasteiger partial charge in [-0.1, -0.05) is 36.4 Å². The van der Waals surface area contributed by atoms with Crippen LogP contribution in [0.2, 0.25) is 0 Å². The molecule has 31 heavy (non-hydrogen) atoms. The molecule has 0 aliphatic carbocycles. The number of hydrogen-bond donors (Lipinski definition) is 0. The van der Waals surface area contributed by atoms with E-state index in [-0.39, 0.29) is 23.8 Å². The lowest BCUT2D eigenvalue weighted by atomic mass is 9.95. The molecule has 4 rings (SSSR count). The third-order valence-corrected chi connectivity index (χ3v) is 6.20. The minimum atomic E-state index is -0.320. The molecule has 0 bridgehead atoms. The summed E-state index contributed by atoms with van der Waals surface area (Å²) in [4.78, 5) is 43.6. The number of carbonyl (C=O) groups is 3. The highest BCUT2D eigenvalue weighted by Gasteiger charge is 2.34. The summed E-state index contributed by atoms with van der Waals surface area (Å²) in [5.41, 5.74) is 0.689. The molecule has 164 valence electrons. The van der Waals surface area contributed by atoms with Gasteiger partial charge in [0.1, 0.15) is 0 Å². The number of rotatable bonds is 3. The van der Waals surface area contributed by atoms with Crippen LogP contribution in [0.4, 0.5) is 4.79 Å². The van der Waals surface area contributed by atoms with Crippen LogP contribution < -0.4 is 0 Å². The molecule has 7 heteroatoms. The molecule has 2 aromatic rings. The highest BCUT2D eigenvalue weighted by Crippen LogP contribution is 2.25. The molecule has 2 heterocycles. The fraction of sp³-hybridized carbons (Fsp3) is 0.458. The molecule has 1 atom stereocenters. The Morgan fingerprint density at radius 1 is 0.903 bits per heavy atom. The third kappa shape index (κ3) is 4.50. The predicted molar refractivity (Wildman–Crippen MR) is 118 cm³/mol. The van der Waals surface area contributed by atoms with E-state index in [4.69, 9.17) is 4.74 Å². The van der Waals surface area contributed by atoms with Gasteiger partial charge in [-0.05, 0) is 36.6 Å². The Morgan fingerprint density at radius 3 is 2.39 bits per heavy atom. The summed E-state index contributed by atoms with van der Waals surface area (Å²) < 4.78 is 5.05. The first kappa shape index (κ1) is 21.2. The van der Waals surface area contributed by atoms with E-state index in [1.54, 1.807) is 11.8 Å². The van der Waals surface area contributed by atoms with Crippen LogP contribution in [-0.2, 0) is 9.53 Å². The van der Waals surface area contributed by atoms with Crippen molar-refractivity contribution in [2.45, 2.75) is 19.8 Å². The number of hydrogen-bond acceptors (Lipinski definition) is 4. The quantitative estimate of drug-likeness (QED) is 0.761. The topological polar surface area (TPSA) is 70.2 Å². The van der Waals surface area contributed by atoms with Gasteiger partial charge in [0.15, 0.2) is 0 Å². The molecule has 0 radical (unpaired) electrons. The number of likely N-dealkylation sites (tertiary alicyclic amines) is 1. The number of piperazine rings is 1. The maximum absolute atomic E-state index is 13.3. The molecule has 2 aromatic carbocycles. The molecule has 2 saturated heterocycles. The second-order valence-electron chi connectivity index (χ2n) is 8.13. The molecule has 0 aromatic heterocycles. The zero-order valence-corrected chi connectivity index (χ0v) is 18.0. The van der Waals surface area contributed by atoms with Crippen molar-refractivity contribution < 1.29 is 19.1 Å². The number of carbonyl (C=O) groups excluding carboxylic acids is 3. The minimum absolute atomic E-state index is 0.0126. The summed E-state index contributed by atoms with van der Waals surface area (Å²) >= 11 is 0. The van der Waals surface area contributed by atoms with Crippen molar-refractivity contribution in [1.82, 2.24) is 14.7 Å². The van der Waals surface area contributed by atoms with E-state index >= 15 is 0 Å². The van der Waals surface area contributed by atoms with Crippen molar-refractivity contribution in [2.75, 3.05) is 45.9 Å². The second kappa shape index (κ2) is 9.37. The van der Waals surface area contributed by atoms with Crippen LogP contribution in [0.1, 0.15) is 30.1 Å². The maximum atomic E-state index is 13.3. The molecule has 0 N–H and O–H groups in total. The molecule has 2 fully saturated rings. The summed E-state index contributed by atoms with van der Waals surface area (Å²) in [7, 11) is 0. The van der Waals surface area contributed by atoms with Gasteiger partial charge in [-0.2, -0.15) is 0 Å². The zero-order chi connectivity index (χ0) is 21.8. The van der Waals surface area contributed by atoms with Crippen LogP contribution in [-0.4, -0.2) is 78.5 Å². The number of nitrogens with zero attached hydrogens (tertiary/aromatic N) is 3. The smallest absolute Gasteiger partial charge is 0.409 e. The van der Waals surface area contributed by atoms with E-state index in [1.165, 1.54) is 0 Å². The summed E-state index contributed by atoms with van der Waals surface area (Å²) in [6.07, 6.45) is 1.28.